The summed E-state index contributed by atoms with van der Waals surface area (Å²) in [5, 5.41) is 23.9. The average Bonchev–Trinajstić information content (AvgIpc) is 2.22. The Morgan fingerprint density at radius 2 is 2.25 bits per heavy atom. The number of aromatic nitrogens is 1. The largest absolute Gasteiger partial charge is 0.396 e. The van der Waals surface area contributed by atoms with Gasteiger partial charge in [-0.1, -0.05) is 6.92 Å². The van der Waals surface area contributed by atoms with Crippen LogP contribution in [0.25, 0.3) is 0 Å². The molecular formula is C11H16FN3O. The highest BCUT2D eigenvalue weighted by Crippen LogP contribution is 2.10. The average molecular weight is 225 g/mol. The molecular weight excluding hydrogens is 209 g/mol. The van der Waals surface area contributed by atoms with Crippen molar-refractivity contribution in [3.63, 3.8) is 0 Å². The van der Waals surface area contributed by atoms with E-state index < -0.39 is 5.82 Å². The predicted octanol–water partition coefficient (Wildman–Crippen LogP) is 1.12. The zero-order chi connectivity index (χ0) is 12.3. The van der Waals surface area contributed by atoms with Gasteiger partial charge in [-0.25, -0.2) is 4.39 Å². The molecule has 1 atom stereocenters. The lowest BCUT2D eigenvalue weighted by atomic mass is 10.0. The summed E-state index contributed by atoms with van der Waals surface area (Å²) < 4.78 is 14.8. The maximum atomic E-state index is 13.6. The van der Waals surface area contributed by atoms with Gasteiger partial charge in [0.1, 0.15) is 17.1 Å². The maximum Gasteiger partial charge on any atom is 0.143 e. The molecule has 1 rings (SSSR count). The van der Waals surface area contributed by atoms with Crippen LogP contribution in [0.5, 0.6) is 0 Å². The molecule has 0 spiro atoms. The van der Waals surface area contributed by atoms with Crippen molar-refractivity contribution in [2.24, 2.45) is 5.92 Å². The number of hydrogen-bond acceptors (Lipinski definition) is 3. The molecule has 0 radical (unpaired) electrons. The monoisotopic (exact) mass is 225 g/mol. The second-order valence-corrected chi connectivity index (χ2v) is 3.98. The molecule has 1 unspecified atom stereocenters. The van der Waals surface area contributed by atoms with E-state index in [2.05, 4.69) is 0 Å². The van der Waals surface area contributed by atoms with E-state index in [1.54, 1.807) is 0 Å². The lowest BCUT2D eigenvalue weighted by Crippen LogP contribution is -2.25. The van der Waals surface area contributed by atoms with E-state index in [1.165, 1.54) is 17.6 Å². The van der Waals surface area contributed by atoms with Crippen molar-refractivity contribution < 1.29 is 9.50 Å². The molecule has 0 saturated carbocycles. The van der Waals surface area contributed by atoms with Crippen molar-refractivity contribution in [3.8, 4) is 0 Å². The Labute approximate surface area is 93.4 Å². The lowest BCUT2D eigenvalue weighted by molar-refractivity contribution is 0.236. The fourth-order valence-electron chi connectivity index (χ4n) is 1.44. The molecule has 0 bridgehead atoms. The van der Waals surface area contributed by atoms with E-state index in [9.17, 15) is 4.39 Å². The Kier molecular flexibility index (Phi) is 3.95. The number of aliphatic hydroxyl groups is 1. The summed E-state index contributed by atoms with van der Waals surface area (Å²) in [6, 6.07) is 1.40. The molecule has 1 heterocycles. The SMILES string of the molecule is CC(=N)n1cc(F)c(CC(C)CO)cc1=N. The van der Waals surface area contributed by atoms with Gasteiger partial charge in [0.05, 0.1) is 0 Å². The number of rotatable bonds is 3. The topological polar surface area (TPSA) is 72.9 Å². The van der Waals surface area contributed by atoms with Gasteiger partial charge in [0, 0.05) is 12.8 Å². The number of nitrogens with zero attached hydrogens (tertiary/aromatic N) is 1. The molecule has 1 aromatic heterocycles. The summed E-state index contributed by atoms with van der Waals surface area (Å²) in [6.45, 7) is 3.30. The maximum absolute atomic E-state index is 13.6. The molecule has 5 heteroatoms. The Morgan fingerprint density at radius 1 is 1.62 bits per heavy atom. The minimum atomic E-state index is -0.442. The third-order valence-electron chi connectivity index (χ3n) is 2.36. The Balaban J connectivity index is 3.11. The van der Waals surface area contributed by atoms with Gasteiger partial charge in [-0.05, 0) is 30.9 Å². The van der Waals surface area contributed by atoms with Crippen LogP contribution in [-0.2, 0) is 6.42 Å². The number of pyridine rings is 1. The molecule has 3 N–H and O–H groups in total. The van der Waals surface area contributed by atoms with Crippen LogP contribution >= 0.6 is 0 Å². The van der Waals surface area contributed by atoms with Crippen LogP contribution in [0, 0.1) is 22.6 Å². The number of halogens is 1. The number of hydrogen-bond donors (Lipinski definition) is 3. The fourth-order valence-corrected chi connectivity index (χ4v) is 1.44. The molecule has 4 nitrogen and oxygen atoms in total. The van der Waals surface area contributed by atoms with Crippen LogP contribution in [0.15, 0.2) is 12.3 Å². The third-order valence-corrected chi connectivity index (χ3v) is 2.36. The van der Waals surface area contributed by atoms with Crippen molar-refractivity contribution >= 4 is 5.84 Å². The van der Waals surface area contributed by atoms with E-state index in [4.69, 9.17) is 15.9 Å². The van der Waals surface area contributed by atoms with E-state index in [0.717, 1.165) is 6.20 Å². The normalized spacial score (nSPS) is 12.5. The first-order chi connectivity index (χ1) is 7.45. The van der Waals surface area contributed by atoms with Crippen LogP contribution < -0.4 is 5.49 Å². The molecule has 0 saturated heterocycles. The van der Waals surface area contributed by atoms with Gasteiger partial charge >= 0.3 is 0 Å². The van der Waals surface area contributed by atoms with Crippen LogP contribution in [-0.4, -0.2) is 22.1 Å². The molecule has 0 fully saturated rings. The lowest BCUT2D eigenvalue weighted by Gasteiger charge is -2.11. The number of nitrogens with one attached hydrogen (secondary N) is 2. The molecule has 1 aromatic rings. The van der Waals surface area contributed by atoms with Gasteiger partial charge in [0.2, 0.25) is 0 Å². The third kappa shape index (κ3) is 2.76. The van der Waals surface area contributed by atoms with E-state index in [0.29, 0.717) is 12.0 Å². The van der Waals surface area contributed by atoms with Crippen molar-refractivity contribution in [1.29, 1.82) is 10.8 Å². The van der Waals surface area contributed by atoms with Crippen molar-refractivity contribution in [1.82, 2.24) is 4.57 Å². The highest BCUT2D eigenvalue weighted by Gasteiger charge is 2.09. The first-order valence-corrected chi connectivity index (χ1v) is 5.07. The van der Waals surface area contributed by atoms with Gasteiger partial charge in [-0.15, -0.1) is 0 Å². The molecule has 88 valence electrons. The van der Waals surface area contributed by atoms with Gasteiger partial charge in [0.25, 0.3) is 0 Å². The van der Waals surface area contributed by atoms with Gasteiger partial charge < -0.3 is 5.11 Å². The second-order valence-electron chi connectivity index (χ2n) is 3.98. The van der Waals surface area contributed by atoms with E-state index >= 15 is 0 Å². The first kappa shape index (κ1) is 12.6. The summed E-state index contributed by atoms with van der Waals surface area (Å²) >= 11 is 0. The van der Waals surface area contributed by atoms with Gasteiger partial charge in [0.15, 0.2) is 0 Å². The molecule has 0 aromatic carbocycles. The Hall–Kier alpha value is -1.49. The summed E-state index contributed by atoms with van der Waals surface area (Å²) in [6.07, 6.45) is 1.54. The minimum absolute atomic E-state index is 0.00867. The first-order valence-electron chi connectivity index (χ1n) is 5.07. The molecule has 16 heavy (non-hydrogen) atoms. The summed E-state index contributed by atoms with van der Waals surface area (Å²) in [5.74, 6) is -0.376. The van der Waals surface area contributed by atoms with Gasteiger partial charge in [-0.3, -0.25) is 15.4 Å². The predicted molar refractivity (Wildman–Crippen MR) is 59.0 cm³/mol. The van der Waals surface area contributed by atoms with Crippen LogP contribution in [0.2, 0.25) is 0 Å². The number of aliphatic hydroxyl groups excluding tert-OH is 1. The molecule has 0 amide bonds. The molecule has 0 aliphatic rings. The quantitative estimate of drug-likeness (QED) is 0.523. The minimum Gasteiger partial charge on any atom is -0.396 e. The highest BCUT2D eigenvalue weighted by molar-refractivity contribution is 5.78. The smallest absolute Gasteiger partial charge is 0.143 e. The zero-order valence-electron chi connectivity index (χ0n) is 9.42. The van der Waals surface area contributed by atoms with E-state index in [1.807, 2.05) is 6.92 Å². The van der Waals surface area contributed by atoms with Crippen LogP contribution in [0.4, 0.5) is 4.39 Å². The summed E-state index contributed by atoms with van der Waals surface area (Å²) in [5.41, 5.74) is 0.484. The van der Waals surface area contributed by atoms with Crippen LogP contribution in [0.1, 0.15) is 19.4 Å². The summed E-state index contributed by atoms with van der Waals surface area (Å²) in [7, 11) is 0. The van der Waals surface area contributed by atoms with Crippen LogP contribution in [0.3, 0.4) is 0 Å². The molecule has 0 aliphatic carbocycles. The summed E-state index contributed by atoms with van der Waals surface area (Å²) in [4.78, 5) is 0. The van der Waals surface area contributed by atoms with Crippen molar-refractivity contribution in [2.75, 3.05) is 6.61 Å². The van der Waals surface area contributed by atoms with E-state index in [-0.39, 0.29) is 23.8 Å². The van der Waals surface area contributed by atoms with Gasteiger partial charge in [-0.2, -0.15) is 0 Å². The fraction of sp³-hybridized carbons (Fsp3) is 0.455. The Morgan fingerprint density at radius 3 is 2.75 bits per heavy atom. The molecule has 0 aliphatic heterocycles. The zero-order valence-corrected chi connectivity index (χ0v) is 9.42. The van der Waals surface area contributed by atoms with Crippen molar-refractivity contribution in [3.05, 3.63) is 29.1 Å². The Bertz CT molecular complexity index is 453. The van der Waals surface area contributed by atoms with Crippen molar-refractivity contribution in [2.45, 2.75) is 20.3 Å². The second kappa shape index (κ2) is 5.03. The standard InChI is InChI=1S/C11H16FN3O/c1-7(6-16)3-9-4-11(14)15(8(2)13)5-10(9)12/h4-5,7,13-14,16H,3,6H2,1-2H3. The highest BCUT2D eigenvalue weighted by atomic mass is 19.1.